The van der Waals surface area contributed by atoms with Gasteiger partial charge in [0, 0.05) is 13.1 Å². The van der Waals surface area contributed by atoms with Crippen molar-refractivity contribution in [1.82, 2.24) is 4.90 Å². The Kier molecular flexibility index (Phi) is 5.98. The molecule has 1 rings (SSSR count). The summed E-state index contributed by atoms with van der Waals surface area (Å²) in [6.07, 6.45) is 1.03. The zero-order valence-electron chi connectivity index (χ0n) is 12.5. The van der Waals surface area contributed by atoms with Gasteiger partial charge in [0.1, 0.15) is 11.7 Å². The van der Waals surface area contributed by atoms with Gasteiger partial charge >= 0.3 is 12.1 Å². The SMILES string of the molecule is CC[C@@H]1CN(C(=O)OC)CC[C@@H]1C(C(C)=O)C(=O)OC. The van der Waals surface area contributed by atoms with Crippen LogP contribution in [0.3, 0.4) is 0 Å². The minimum atomic E-state index is -0.732. The summed E-state index contributed by atoms with van der Waals surface area (Å²) in [7, 11) is 2.64. The highest BCUT2D eigenvalue weighted by Gasteiger charge is 2.41. The van der Waals surface area contributed by atoms with Crippen LogP contribution < -0.4 is 0 Å². The average molecular weight is 285 g/mol. The lowest BCUT2D eigenvalue weighted by atomic mass is 9.74. The Labute approximate surface area is 119 Å². The van der Waals surface area contributed by atoms with Crippen molar-refractivity contribution in [2.75, 3.05) is 27.3 Å². The van der Waals surface area contributed by atoms with E-state index in [1.54, 1.807) is 4.90 Å². The highest BCUT2D eigenvalue weighted by molar-refractivity contribution is 5.98. The number of esters is 1. The molecule has 20 heavy (non-hydrogen) atoms. The van der Waals surface area contributed by atoms with Crippen molar-refractivity contribution in [2.45, 2.75) is 26.7 Å². The van der Waals surface area contributed by atoms with E-state index < -0.39 is 11.9 Å². The Hall–Kier alpha value is -1.59. The standard InChI is InChI=1S/C14H23NO5/c1-5-10-8-15(14(18)20-4)7-6-11(10)12(9(2)16)13(17)19-3/h10-12H,5-8H2,1-4H3/t10-,11+,12?/m1/s1. The second-order valence-electron chi connectivity index (χ2n) is 5.15. The van der Waals surface area contributed by atoms with Crippen LogP contribution in [-0.2, 0) is 19.1 Å². The molecule has 0 bridgehead atoms. The van der Waals surface area contributed by atoms with Crippen LogP contribution in [0.2, 0.25) is 0 Å². The van der Waals surface area contributed by atoms with E-state index in [1.165, 1.54) is 21.1 Å². The Bertz CT molecular complexity index is 382. The molecule has 3 atom stereocenters. The molecule has 1 unspecified atom stereocenters. The second-order valence-corrected chi connectivity index (χ2v) is 5.15. The van der Waals surface area contributed by atoms with E-state index in [-0.39, 0.29) is 23.7 Å². The van der Waals surface area contributed by atoms with Crippen molar-refractivity contribution < 1.29 is 23.9 Å². The Morgan fingerprint density at radius 1 is 1.25 bits per heavy atom. The Balaban J connectivity index is 2.87. The molecule has 0 aromatic rings. The molecule has 1 aliphatic heterocycles. The predicted octanol–water partition coefficient (Wildman–Crippen LogP) is 1.48. The Morgan fingerprint density at radius 3 is 2.35 bits per heavy atom. The average Bonchev–Trinajstić information content (AvgIpc) is 2.46. The topological polar surface area (TPSA) is 72.9 Å². The van der Waals surface area contributed by atoms with E-state index in [0.29, 0.717) is 19.5 Å². The van der Waals surface area contributed by atoms with Gasteiger partial charge < -0.3 is 14.4 Å². The largest absolute Gasteiger partial charge is 0.468 e. The molecule has 0 aliphatic carbocycles. The summed E-state index contributed by atoms with van der Waals surface area (Å²) in [6, 6.07) is 0. The molecule has 114 valence electrons. The fraction of sp³-hybridized carbons (Fsp3) is 0.786. The van der Waals surface area contributed by atoms with Crippen molar-refractivity contribution in [3.63, 3.8) is 0 Å². The normalized spacial score (nSPS) is 23.9. The fourth-order valence-electron chi connectivity index (χ4n) is 2.99. The number of hydrogen-bond donors (Lipinski definition) is 0. The minimum Gasteiger partial charge on any atom is -0.468 e. The third-order valence-corrected chi connectivity index (χ3v) is 4.07. The van der Waals surface area contributed by atoms with E-state index in [9.17, 15) is 14.4 Å². The number of carbonyl (C=O) groups excluding carboxylic acids is 3. The van der Waals surface area contributed by atoms with E-state index in [1.807, 2.05) is 6.92 Å². The Morgan fingerprint density at radius 2 is 1.90 bits per heavy atom. The number of ketones is 1. The first-order chi connectivity index (χ1) is 9.46. The van der Waals surface area contributed by atoms with Gasteiger partial charge in [-0.05, 0) is 25.2 Å². The lowest BCUT2D eigenvalue weighted by Crippen LogP contribution is -2.48. The second kappa shape index (κ2) is 7.26. The van der Waals surface area contributed by atoms with Crippen LogP contribution in [0.1, 0.15) is 26.7 Å². The van der Waals surface area contributed by atoms with Gasteiger partial charge in [0.2, 0.25) is 0 Å². The molecule has 6 heteroatoms. The van der Waals surface area contributed by atoms with Crippen molar-refractivity contribution in [3.05, 3.63) is 0 Å². The maximum absolute atomic E-state index is 11.8. The number of hydrogen-bond acceptors (Lipinski definition) is 5. The summed E-state index contributed by atoms with van der Waals surface area (Å²) < 4.78 is 9.47. The summed E-state index contributed by atoms with van der Waals surface area (Å²) >= 11 is 0. The van der Waals surface area contributed by atoms with Gasteiger partial charge in [-0.25, -0.2) is 4.79 Å². The number of amides is 1. The van der Waals surface area contributed by atoms with Crippen LogP contribution >= 0.6 is 0 Å². The monoisotopic (exact) mass is 285 g/mol. The van der Waals surface area contributed by atoms with Gasteiger partial charge in [0.25, 0.3) is 0 Å². The zero-order valence-corrected chi connectivity index (χ0v) is 12.5. The molecule has 0 saturated carbocycles. The van der Waals surface area contributed by atoms with Gasteiger partial charge in [-0.3, -0.25) is 9.59 Å². The van der Waals surface area contributed by atoms with Crippen molar-refractivity contribution in [3.8, 4) is 0 Å². The summed E-state index contributed by atoms with van der Waals surface area (Å²) in [4.78, 5) is 36.8. The lowest BCUT2D eigenvalue weighted by molar-refractivity contribution is -0.153. The van der Waals surface area contributed by atoms with Crippen molar-refractivity contribution in [1.29, 1.82) is 0 Å². The molecular formula is C14H23NO5. The molecule has 0 radical (unpaired) electrons. The number of methoxy groups -OCH3 is 2. The zero-order chi connectivity index (χ0) is 15.3. The molecule has 1 fully saturated rings. The highest BCUT2D eigenvalue weighted by atomic mass is 16.5. The number of rotatable bonds is 4. The van der Waals surface area contributed by atoms with E-state index >= 15 is 0 Å². The maximum Gasteiger partial charge on any atom is 0.409 e. The number of Topliss-reactive ketones (excluding diaryl/α,β-unsaturated/α-hetero) is 1. The molecule has 1 saturated heterocycles. The van der Waals surface area contributed by atoms with E-state index in [2.05, 4.69) is 0 Å². The summed E-state index contributed by atoms with van der Waals surface area (Å²) in [5.41, 5.74) is 0. The third-order valence-electron chi connectivity index (χ3n) is 4.07. The molecular weight excluding hydrogens is 262 g/mol. The highest BCUT2D eigenvalue weighted by Crippen LogP contribution is 2.33. The van der Waals surface area contributed by atoms with Crippen LogP contribution in [0.25, 0.3) is 0 Å². The van der Waals surface area contributed by atoms with Crippen LogP contribution in [0, 0.1) is 17.8 Å². The molecule has 0 spiro atoms. The van der Waals surface area contributed by atoms with Crippen LogP contribution in [0.4, 0.5) is 4.79 Å². The van der Waals surface area contributed by atoms with Crippen molar-refractivity contribution >= 4 is 17.8 Å². The smallest absolute Gasteiger partial charge is 0.409 e. The quantitative estimate of drug-likeness (QED) is 0.578. The fourth-order valence-corrected chi connectivity index (χ4v) is 2.99. The molecule has 0 aromatic carbocycles. The third kappa shape index (κ3) is 3.49. The number of likely N-dealkylation sites (tertiary alicyclic amines) is 1. The van der Waals surface area contributed by atoms with Gasteiger partial charge in [-0.15, -0.1) is 0 Å². The van der Waals surface area contributed by atoms with Crippen LogP contribution in [0.5, 0.6) is 0 Å². The van der Waals surface area contributed by atoms with Gasteiger partial charge in [0.05, 0.1) is 14.2 Å². The van der Waals surface area contributed by atoms with E-state index in [0.717, 1.165) is 6.42 Å². The number of ether oxygens (including phenoxy) is 2. The van der Waals surface area contributed by atoms with Crippen LogP contribution in [0.15, 0.2) is 0 Å². The lowest BCUT2D eigenvalue weighted by Gasteiger charge is -2.39. The van der Waals surface area contributed by atoms with Crippen LogP contribution in [-0.4, -0.2) is 50.1 Å². The predicted molar refractivity (Wildman–Crippen MR) is 72.1 cm³/mol. The first kappa shape index (κ1) is 16.5. The summed E-state index contributed by atoms with van der Waals surface area (Å²) in [6.45, 7) is 4.41. The maximum atomic E-state index is 11.8. The number of carbonyl (C=O) groups is 3. The first-order valence-corrected chi connectivity index (χ1v) is 6.87. The summed E-state index contributed by atoms with van der Waals surface area (Å²) in [5, 5.41) is 0. The minimum absolute atomic E-state index is 0.0779. The molecule has 6 nitrogen and oxygen atoms in total. The van der Waals surface area contributed by atoms with E-state index in [4.69, 9.17) is 9.47 Å². The molecule has 0 aromatic heterocycles. The molecule has 0 N–H and O–H groups in total. The first-order valence-electron chi connectivity index (χ1n) is 6.87. The van der Waals surface area contributed by atoms with Gasteiger partial charge in [-0.2, -0.15) is 0 Å². The number of piperidine rings is 1. The molecule has 1 heterocycles. The van der Waals surface area contributed by atoms with Crippen molar-refractivity contribution in [2.24, 2.45) is 17.8 Å². The molecule has 1 amide bonds. The van der Waals surface area contributed by atoms with Gasteiger partial charge in [0.15, 0.2) is 0 Å². The van der Waals surface area contributed by atoms with Gasteiger partial charge in [-0.1, -0.05) is 13.3 Å². The molecule has 1 aliphatic rings. The summed E-state index contributed by atoms with van der Waals surface area (Å²) in [5.74, 6) is -1.37. The number of nitrogens with zero attached hydrogens (tertiary/aromatic N) is 1.